The molecule has 150 valence electrons. The lowest BCUT2D eigenvalue weighted by Gasteiger charge is -2.27. The summed E-state index contributed by atoms with van der Waals surface area (Å²) in [6, 6.07) is 9.34. The van der Waals surface area contributed by atoms with Crippen LogP contribution in [0.2, 0.25) is 10.0 Å². The van der Waals surface area contributed by atoms with Crippen molar-refractivity contribution >= 4 is 23.2 Å². The third-order valence-corrected chi connectivity index (χ3v) is 5.62. The number of aromatic nitrogens is 4. The van der Waals surface area contributed by atoms with E-state index in [1.165, 1.54) is 6.33 Å². The first-order chi connectivity index (χ1) is 14.7. The molecule has 0 radical (unpaired) electrons. The molecule has 0 saturated carbocycles. The normalized spacial score (nSPS) is 13.9. The summed E-state index contributed by atoms with van der Waals surface area (Å²) >= 11 is 12.3. The lowest BCUT2D eigenvalue weighted by molar-refractivity contribution is 0.224. The Kier molecular flexibility index (Phi) is 5.21. The smallest absolute Gasteiger partial charge is 0.162 e. The zero-order valence-electron chi connectivity index (χ0n) is 15.9. The van der Waals surface area contributed by atoms with E-state index in [1.54, 1.807) is 18.5 Å². The molecule has 0 bridgehead atoms. The van der Waals surface area contributed by atoms with Gasteiger partial charge < -0.3 is 4.42 Å². The zero-order chi connectivity index (χ0) is 20.5. The van der Waals surface area contributed by atoms with Gasteiger partial charge in [-0.15, -0.1) is 0 Å². The third-order valence-electron chi connectivity index (χ3n) is 5.07. The third kappa shape index (κ3) is 3.94. The Morgan fingerprint density at radius 1 is 1.03 bits per heavy atom. The molecule has 8 heteroatoms. The van der Waals surface area contributed by atoms with Crippen LogP contribution in [-0.4, -0.2) is 31.4 Å². The van der Waals surface area contributed by atoms with E-state index >= 15 is 0 Å². The minimum absolute atomic E-state index is 0.576. The molecule has 0 N–H and O–H groups in total. The first-order valence-electron chi connectivity index (χ1n) is 9.52. The van der Waals surface area contributed by atoms with Crippen LogP contribution in [0.4, 0.5) is 0 Å². The van der Waals surface area contributed by atoms with Crippen molar-refractivity contribution < 1.29 is 4.42 Å². The Morgan fingerprint density at radius 2 is 1.90 bits per heavy atom. The molecule has 3 aromatic heterocycles. The highest BCUT2D eigenvalue weighted by Crippen LogP contribution is 2.32. The minimum atomic E-state index is 0.576. The molecular weight excluding hydrogens is 421 g/mol. The Balaban J connectivity index is 1.30. The molecule has 0 saturated heterocycles. The fourth-order valence-electron chi connectivity index (χ4n) is 3.58. The summed E-state index contributed by atoms with van der Waals surface area (Å²) in [6.07, 6.45) is 7.71. The predicted molar refractivity (Wildman–Crippen MR) is 115 cm³/mol. The number of benzene rings is 1. The van der Waals surface area contributed by atoms with E-state index in [1.807, 2.05) is 30.5 Å². The Hall–Kier alpha value is -2.80. The second-order valence-electron chi connectivity index (χ2n) is 7.14. The predicted octanol–water partition coefficient (Wildman–Crippen LogP) is 5.06. The highest BCUT2D eigenvalue weighted by Gasteiger charge is 2.20. The van der Waals surface area contributed by atoms with E-state index in [0.29, 0.717) is 22.4 Å². The average molecular weight is 438 g/mol. The van der Waals surface area contributed by atoms with Gasteiger partial charge >= 0.3 is 0 Å². The van der Waals surface area contributed by atoms with Crippen LogP contribution < -0.4 is 0 Å². The molecule has 1 aromatic carbocycles. The van der Waals surface area contributed by atoms with Gasteiger partial charge in [0.05, 0.1) is 22.8 Å². The van der Waals surface area contributed by atoms with E-state index in [-0.39, 0.29) is 0 Å². The molecule has 30 heavy (non-hydrogen) atoms. The van der Waals surface area contributed by atoms with Gasteiger partial charge in [0, 0.05) is 54.3 Å². The summed E-state index contributed by atoms with van der Waals surface area (Å²) in [5, 5.41) is 1.18. The van der Waals surface area contributed by atoms with Crippen molar-refractivity contribution in [3.05, 3.63) is 82.3 Å². The van der Waals surface area contributed by atoms with Gasteiger partial charge in [-0.3, -0.25) is 4.90 Å². The molecule has 0 spiro atoms. The number of hydrogen-bond acceptors (Lipinski definition) is 6. The van der Waals surface area contributed by atoms with Crippen LogP contribution in [0, 0.1) is 0 Å². The van der Waals surface area contributed by atoms with Crippen LogP contribution >= 0.6 is 23.2 Å². The first-order valence-corrected chi connectivity index (χ1v) is 10.3. The van der Waals surface area contributed by atoms with Gasteiger partial charge in [-0.2, -0.15) is 0 Å². The monoisotopic (exact) mass is 437 g/mol. The highest BCUT2D eigenvalue weighted by molar-refractivity contribution is 6.36. The van der Waals surface area contributed by atoms with E-state index in [4.69, 9.17) is 32.6 Å². The lowest BCUT2D eigenvalue weighted by atomic mass is 10.1. The van der Waals surface area contributed by atoms with Crippen molar-refractivity contribution in [3.8, 4) is 22.7 Å². The van der Waals surface area contributed by atoms with Crippen molar-refractivity contribution in [1.29, 1.82) is 0 Å². The highest BCUT2D eigenvalue weighted by atomic mass is 35.5. The summed E-state index contributed by atoms with van der Waals surface area (Å²) in [4.78, 5) is 19.6. The van der Waals surface area contributed by atoms with E-state index in [0.717, 1.165) is 53.4 Å². The Morgan fingerprint density at radius 3 is 2.73 bits per heavy atom. The number of nitrogens with zero attached hydrogens (tertiary/aromatic N) is 5. The average Bonchev–Trinajstić information content (AvgIpc) is 3.22. The second-order valence-corrected chi connectivity index (χ2v) is 7.99. The quantitative estimate of drug-likeness (QED) is 0.444. The molecule has 0 atom stereocenters. The van der Waals surface area contributed by atoms with Crippen LogP contribution in [0.25, 0.3) is 22.7 Å². The van der Waals surface area contributed by atoms with E-state index in [9.17, 15) is 0 Å². The van der Waals surface area contributed by atoms with Crippen molar-refractivity contribution in [2.75, 3.05) is 6.54 Å². The SMILES string of the molecule is Clc1ccc(-c2ccc(CN3CCc4nc(-c5cncnc5)ncc4C3)o2)c(Cl)c1. The van der Waals surface area contributed by atoms with Crippen molar-refractivity contribution in [2.45, 2.75) is 19.5 Å². The Bertz CT molecular complexity index is 1200. The molecule has 6 nitrogen and oxygen atoms in total. The Labute approximate surface area is 183 Å². The van der Waals surface area contributed by atoms with Crippen molar-refractivity contribution in [3.63, 3.8) is 0 Å². The number of halogens is 2. The van der Waals surface area contributed by atoms with Gasteiger partial charge in [-0.1, -0.05) is 23.2 Å². The maximum Gasteiger partial charge on any atom is 0.162 e. The van der Waals surface area contributed by atoms with Crippen molar-refractivity contribution in [2.24, 2.45) is 0 Å². The molecule has 0 unspecified atom stereocenters. The molecule has 0 fully saturated rings. The van der Waals surface area contributed by atoms with Crippen LogP contribution in [0.5, 0.6) is 0 Å². The molecule has 0 aliphatic carbocycles. The lowest BCUT2D eigenvalue weighted by Crippen LogP contribution is -2.30. The van der Waals surface area contributed by atoms with Gasteiger partial charge in [-0.25, -0.2) is 19.9 Å². The van der Waals surface area contributed by atoms with Crippen LogP contribution in [0.15, 0.2) is 59.7 Å². The van der Waals surface area contributed by atoms with E-state index in [2.05, 4.69) is 19.9 Å². The molecule has 0 amide bonds. The largest absolute Gasteiger partial charge is 0.460 e. The summed E-state index contributed by atoms with van der Waals surface area (Å²) in [6.45, 7) is 2.38. The maximum absolute atomic E-state index is 6.30. The van der Waals surface area contributed by atoms with Gasteiger partial charge in [0.15, 0.2) is 5.82 Å². The fourth-order valence-corrected chi connectivity index (χ4v) is 4.08. The molecule has 4 aromatic rings. The topological polar surface area (TPSA) is 67.9 Å². The summed E-state index contributed by atoms with van der Waals surface area (Å²) in [5.41, 5.74) is 3.87. The molecule has 1 aliphatic heterocycles. The standard InChI is InChI=1S/C22H17Cl2N5O/c23-16-1-3-18(19(24)7-16)21-4-2-17(30-21)12-29-6-5-20-15(11-29)10-27-22(28-20)14-8-25-13-26-9-14/h1-4,7-10,13H,5-6,11-12H2. The molecule has 5 rings (SSSR count). The van der Waals surface area contributed by atoms with Gasteiger partial charge in [-0.05, 0) is 30.3 Å². The summed E-state index contributed by atoms with van der Waals surface area (Å²) < 4.78 is 6.04. The van der Waals surface area contributed by atoms with Gasteiger partial charge in [0.25, 0.3) is 0 Å². The summed E-state index contributed by atoms with van der Waals surface area (Å²) in [5.74, 6) is 2.29. The number of hydrogen-bond donors (Lipinski definition) is 0. The zero-order valence-corrected chi connectivity index (χ0v) is 17.4. The minimum Gasteiger partial charge on any atom is -0.460 e. The second kappa shape index (κ2) is 8.14. The first kappa shape index (κ1) is 19.2. The maximum atomic E-state index is 6.30. The van der Waals surface area contributed by atoms with Crippen molar-refractivity contribution in [1.82, 2.24) is 24.8 Å². The van der Waals surface area contributed by atoms with Crippen LogP contribution in [0.3, 0.4) is 0 Å². The van der Waals surface area contributed by atoms with Crippen LogP contribution in [-0.2, 0) is 19.5 Å². The molecular formula is C22H17Cl2N5O. The van der Waals surface area contributed by atoms with E-state index < -0.39 is 0 Å². The number of furan rings is 1. The van der Waals surface area contributed by atoms with Crippen LogP contribution in [0.1, 0.15) is 17.0 Å². The summed E-state index contributed by atoms with van der Waals surface area (Å²) in [7, 11) is 0. The molecule has 1 aliphatic rings. The number of rotatable bonds is 4. The van der Waals surface area contributed by atoms with Gasteiger partial charge in [0.2, 0.25) is 0 Å². The fraction of sp³-hybridized carbons (Fsp3) is 0.182. The number of fused-ring (bicyclic) bond motifs is 1. The van der Waals surface area contributed by atoms with Gasteiger partial charge in [0.1, 0.15) is 17.8 Å². The molecule has 4 heterocycles.